The number of carbonyl (C=O) groups excluding carboxylic acids is 2. The smallest absolute Gasteiger partial charge is 0.271 e. The van der Waals surface area contributed by atoms with Crippen molar-refractivity contribution in [3.05, 3.63) is 52.0 Å². The quantitative estimate of drug-likeness (QED) is 0.352. The first-order valence-electron chi connectivity index (χ1n) is 7.36. The molecule has 2 amide bonds. The molecule has 0 saturated heterocycles. The van der Waals surface area contributed by atoms with Crippen molar-refractivity contribution in [2.75, 3.05) is 5.32 Å². The molecule has 0 atom stereocenters. The summed E-state index contributed by atoms with van der Waals surface area (Å²) in [7, 11) is 0. The molecule has 4 N–H and O–H groups in total. The largest absolute Gasteiger partial charge is 0.504 e. The fourth-order valence-electron chi connectivity index (χ4n) is 1.93. The van der Waals surface area contributed by atoms with Crippen LogP contribution in [-0.2, 0) is 4.79 Å². The van der Waals surface area contributed by atoms with E-state index in [0.717, 1.165) is 6.07 Å². The standard InChI is InChI=1S/C17H15Cl2N3O4/c1-9(6-16(25)20-11-3-4-12(18)13(19)8-11)21-22-17(26)10-2-5-14(23)15(24)7-10/h2-5,7-8,23-24H,6H2,1H3,(H,20,25)(H,22,26)/b21-9+. The predicted molar refractivity (Wildman–Crippen MR) is 100 cm³/mol. The lowest BCUT2D eigenvalue weighted by Gasteiger charge is -2.07. The van der Waals surface area contributed by atoms with Crippen LogP contribution in [0.15, 0.2) is 41.5 Å². The maximum atomic E-state index is 12.0. The molecule has 0 aliphatic rings. The first-order chi connectivity index (χ1) is 12.3. The molecule has 0 fully saturated rings. The van der Waals surface area contributed by atoms with Gasteiger partial charge in [-0.15, -0.1) is 0 Å². The lowest BCUT2D eigenvalue weighted by Crippen LogP contribution is -2.21. The highest BCUT2D eigenvalue weighted by molar-refractivity contribution is 6.42. The molecule has 26 heavy (non-hydrogen) atoms. The number of rotatable bonds is 5. The van der Waals surface area contributed by atoms with Crippen molar-refractivity contribution in [2.24, 2.45) is 5.10 Å². The fourth-order valence-corrected chi connectivity index (χ4v) is 2.22. The van der Waals surface area contributed by atoms with Crippen LogP contribution in [0.2, 0.25) is 10.0 Å². The van der Waals surface area contributed by atoms with Crippen LogP contribution < -0.4 is 10.7 Å². The number of hydrogen-bond donors (Lipinski definition) is 4. The van der Waals surface area contributed by atoms with Gasteiger partial charge in [0.1, 0.15) is 0 Å². The molecule has 0 aliphatic heterocycles. The molecule has 0 unspecified atom stereocenters. The number of hydrazone groups is 1. The number of halogens is 2. The maximum Gasteiger partial charge on any atom is 0.271 e. The van der Waals surface area contributed by atoms with Gasteiger partial charge in [0, 0.05) is 17.0 Å². The van der Waals surface area contributed by atoms with Crippen LogP contribution >= 0.6 is 23.2 Å². The number of aromatic hydroxyl groups is 2. The average Bonchev–Trinajstić information content (AvgIpc) is 2.58. The molecule has 0 radical (unpaired) electrons. The van der Waals surface area contributed by atoms with Crippen LogP contribution in [0.1, 0.15) is 23.7 Å². The Labute approximate surface area is 159 Å². The second-order valence-electron chi connectivity index (χ2n) is 5.35. The molecule has 0 bridgehead atoms. The van der Waals surface area contributed by atoms with Crippen molar-refractivity contribution in [3.63, 3.8) is 0 Å². The molecule has 2 aromatic rings. The first-order valence-corrected chi connectivity index (χ1v) is 8.12. The number of nitrogens with one attached hydrogen (secondary N) is 2. The van der Waals surface area contributed by atoms with Gasteiger partial charge >= 0.3 is 0 Å². The van der Waals surface area contributed by atoms with Gasteiger partial charge in [0.25, 0.3) is 5.91 Å². The number of phenols is 2. The lowest BCUT2D eigenvalue weighted by molar-refractivity contribution is -0.115. The number of hydrogen-bond acceptors (Lipinski definition) is 5. The molecule has 0 spiro atoms. The number of amides is 2. The molecule has 0 saturated carbocycles. The van der Waals surface area contributed by atoms with Gasteiger partial charge in [0.15, 0.2) is 11.5 Å². The molecular weight excluding hydrogens is 381 g/mol. The van der Waals surface area contributed by atoms with Crippen molar-refractivity contribution in [2.45, 2.75) is 13.3 Å². The van der Waals surface area contributed by atoms with Gasteiger partial charge in [-0.1, -0.05) is 23.2 Å². The lowest BCUT2D eigenvalue weighted by atomic mass is 10.2. The number of carbonyl (C=O) groups is 2. The summed E-state index contributed by atoms with van der Waals surface area (Å²) in [6.45, 7) is 1.57. The number of anilines is 1. The summed E-state index contributed by atoms with van der Waals surface area (Å²) in [6.07, 6.45) is -0.0542. The Morgan fingerprint density at radius 1 is 1.04 bits per heavy atom. The highest BCUT2D eigenvalue weighted by Crippen LogP contribution is 2.25. The van der Waals surface area contributed by atoms with E-state index in [1.807, 2.05) is 0 Å². The Balaban J connectivity index is 1.92. The Bertz CT molecular complexity index is 884. The first kappa shape index (κ1) is 19.6. The van der Waals surface area contributed by atoms with Crippen molar-refractivity contribution in [1.82, 2.24) is 5.43 Å². The van der Waals surface area contributed by atoms with E-state index in [9.17, 15) is 19.8 Å². The van der Waals surface area contributed by atoms with E-state index >= 15 is 0 Å². The van der Waals surface area contributed by atoms with Crippen molar-refractivity contribution in [1.29, 1.82) is 0 Å². The molecule has 9 heteroatoms. The second-order valence-corrected chi connectivity index (χ2v) is 6.16. The molecule has 2 aromatic carbocycles. The third-order valence-corrected chi connectivity index (χ3v) is 3.94. The van der Waals surface area contributed by atoms with E-state index in [1.54, 1.807) is 19.1 Å². The van der Waals surface area contributed by atoms with Crippen molar-refractivity contribution < 1.29 is 19.8 Å². The Hall–Kier alpha value is -2.77. The monoisotopic (exact) mass is 395 g/mol. The van der Waals surface area contributed by atoms with Crippen LogP contribution in [-0.4, -0.2) is 27.7 Å². The average molecular weight is 396 g/mol. The molecule has 0 heterocycles. The second kappa shape index (κ2) is 8.55. The Morgan fingerprint density at radius 2 is 1.77 bits per heavy atom. The van der Waals surface area contributed by atoms with Gasteiger partial charge in [-0.3, -0.25) is 9.59 Å². The minimum Gasteiger partial charge on any atom is -0.504 e. The molecule has 0 aliphatic carbocycles. The van der Waals surface area contributed by atoms with Crippen molar-refractivity contribution in [3.8, 4) is 11.5 Å². The third-order valence-electron chi connectivity index (χ3n) is 3.21. The van der Waals surface area contributed by atoms with Gasteiger partial charge in [-0.2, -0.15) is 5.10 Å². The highest BCUT2D eigenvalue weighted by atomic mass is 35.5. The minimum absolute atomic E-state index is 0.0542. The van der Waals surface area contributed by atoms with Crippen LogP contribution in [0.25, 0.3) is 0 Å². The zero-order chi connectivity index (χ0) is 19.3. The summed E-state index contributed by atoms with van der Waals surface area (Å²) < 4.78 is 0. The third kappa shape index (κ3) is 5.37. The van der Waals surface area contributed by atoms with Gasteiger partial charge < -0.3 is 15.5 Å². The van der Waals surface area contributed by atoms with Gasteiger partial charge in [0.2, 0.25) is 5.91 Å². The van der Waals surface area contributed by atoms with E-state index in [2.05, 4.69) is 15.8 Å². The van der Waals surface area contributed by atoms with Crippen LogP contribution in [0, 0.1) is 0 Å². The normalized spacial score (nSPS) is 11.1. The summed E-state index contributed by atoms with van der Waals surface area (Å²) in [5.41, 5.74) is 3.22. The molecule has 7 nitrogen and oxygen atoms in total. The van der Waals surface area contributed by atoms with E-state index < -0.39 is 11.7 Å². The molecule has 0 aromatic heterocycles. The SMILES string of the molecule is C/C(CC(=O)Nc1ccc(Cl)c(Cl)c1)=N\NC(=O)c1ccc(O)c(O)c1. The van der Waals surface area contributed by atoms with Crippen LogP contribution in [0.5, 0.6) is 11.5 Å². The Kier molecular flexibility index (Phi) is 6.43. The number of benzene rings is 2. The summed E-state index contributed by atoms with van der Waals surface area (Å²) in [5.74, 6) is -1.69. The maximum absolute atomic E-state index is 12.0. The molecule has 136 valence electrons. The van der Waals surface area contributed by atoms with Gasteiger partial charge in [-0.05, 0) is 43.3 Å². The summed E-state index contributed by atoms with van der Waals surface area (Å²) in [6, 6.07) is 8.31. The minimum atomic E-state index is -0.593. The van der Waals surface area contributed by atoms with Crippen molar-refractivity contribution >= 4 is 46.4 Å². The summed E-state index contributed by atoms with van der Waals surface area (Å²) in [4.78, 5) is 23.9. The summed E-state index contributed by atoms with van der Waals surface area (Å²) >= 11 is 11.7. The van der Waals surface area contributed by atoms with E-state index in [0.29, 0.717) is 21.4 Å². The fraction of sp³-hybridized carbons (Fsp3) is 0.118. The van der Waals surface area contributed by atoms with Crippen LogP contribution in [0.4, 0.5) is 5.69 Å². The predicted octanol–water partition coefficient (Wildman–Crippen LogP) is 3.54. The molecule has 2 rings (SSSR count). The van der Waals surface area contributed by atoms with Gasteiger partial charge in [-0.25, -0.2) is 5.43 Å². The van der Waals surface area contributed by atoms with E-state index in [-0.39, 0.29) is 23.6 Å². The van der Waals surface area contributed by atoms with E-state index in [1.165, 1.54) is 18.2 Å². The number of nitrogens with zero attached hydrogens (tertiary/aromatic N) is 1. The van der Waals surface area contributed by atoms with E-state index in [4.69, 9.17) is 23.2 Å². The highest BCUT2D eigenvalue weighted by Gasteiger charge is 2.10. The summed E-state index contributed by atoms with van der Waals surface area (Å²) in [5, 5.41) is 25.8. The number of phenolic OH excluding ortho intramolecular Hbond substituents is 2. The Morgan fingerprint density at radius 3 is 2.42 bits per heavy atom. The zero-order valence-corrected chi connectivity index (χ0v) is 15.1. The molecular formula is C17H15Cl2N3O4. The van der Waals surface area contributed by atoms with Gasteiger partial charge in [0.05, 0.1) is 16.5 Å². The topological polar surface area (TPSA) is 111 Å². The van der Waals surface area contributed by atoms with Crippen LogP contribution in [0.3, 0.4) is 0 Å². The zero-order valence-electron chi connectivity index (χ0n) is 13.6.